The first-order chi connectivity index (χ1) is 11.5. The van der Waals surface area contributed by atoms with Gasteiger partial charge in [-0.15, -0.1) is 12.4 Å². The summed E-state index contributed by atoms with van der Waals surface area (Å²) >= 11 is 0. The average Bonchev–Trinajstić information content (AvgIpc) is 2.60. The minimum Gasteiger partial charge on any atom is -0.350 e. The van der Waals surface area contributed by atoms with E-state index in [2.05, 4.69) is 10.6 Å². The van der Waals surface area contributed by atoms with Gasteiger partial charge in [0.25, 0.3) is 5.91 Å². The van der Waals surface area contributed by atoms with Crippen LogP contribution < -0.4 is 10.6 Å². The molecule has 0 aromatic heterocycles. The molecule has 134 valence electrons. The molecule has 0 unspecified atom stereocenters. The Morgan fingerprint density at radius 3 is 2.24 bits per heavy atom. The first-order valence-electron chi connectivity index (χ1n) is 7.93. The van der Waals surface area contributed by atoms with Gasteiger partial charge in [0, 0.05) is 23.7 Å². The van der Waals surface area contributed by atoms with E-state index in [1.165, 1.54) is 24.3 Å². The quantitative estimate of drug-likeness (QED) is 0.742. The molecule has 2 aromatic rings. The summed E-state index contributed by atoms with van der Waals surface area (Å²) < 4.78 is 13.0. The van der Waals surface area contributed by atoms with Crippen LogP contribution in [0.1, 0.15) is 40.1 Å². The van der Waals surface area contributed by atoms with Crippen LogP contribution in [0.3, 0.4) is 0 Å². The first kappa shape index (κ1) is 20.8. The van der Waals surface area contributed by atoms with E-state index in [4.69, 9.17) is 0 Å². The van der Waals surface area contributed by atoms with Crippen molar-refractivity contribution in [3.8, 4) is 0 Å². The van der Waals surface area contributed by atoms with Crippen LogP contribution in [0.25, 0.3) is 0 Å². The maximum absolute atomic E-state index is 13.0. The van der Waals surface area contributed by atoms with E-state index < -0.39 is 5.82 Å². The fraction of sp³-hybridized carbons (Fsp3) is 0.263. The molecule has 0 aliphatic rings. The SMILES string of the molecule is CCN[C@H](C)CNC(=O)c1ccccc1C(=O)c1ccc(F)cc1.Cl. The maximum atomic E-state index is 13.0. The lowest BCUT2D eigenvalue weighted by molar-refractivity contribution is 0.0939. The van der Waals surface area contributed by atoms with Crippen molar-refractivity contribution in [3.05, 3.63) is 71.0 Å². The van der Waals surface area contributed by atoms with E-state index in [0.717, 1.165) is 6.54 Å². The summed E-state index contributed by atoms with van der Waals surface area (Å²) in [4.78, 5) is 25.0. The predicted molar refractivity (Wildman–Crippen MR) is 99.0 cm³/mol. The van der Waals surface area contributed by atoms with E-state index in [0.29, 0.717) is 23.2 Å². The Hall–Kier alpha value is -2.24. The van der Waals surface area contributed by atoms with Gasteiger partial charge in [0.1, 0.15) is 5.82 Å². The molecule has 2 aromatic carbocycles. The second kappa shape index (κ2) is 9.91. The van der Waals surface area contributed by atoms with Crippen molar-refractivity contribution < 1.29 is 14.0 Å². The molecular weight excluding hydrogens is 343 g/mol. The molecule has 4 nitrogen and oxygen atoms in total. The highest BCUT2D eigenvalue weighted by Crippen LogP contribution is 2.15. The van der Waals surface area contributed by atoms with Crippen LogP contribution in [0, 0.1) is 5.82 Å². The molecule has 0 saturated carbocycles. The summed E-state index contributed by atoms with van der Waals surface area (Å²) in [7, 11) is 0. The third-order valence-corrected chi connectivity index (χ3v) is 3.64. The number of ketones is 1. The van der Waals surface area contributed by atoms with Crippen LogP contribution >= 0.6 is 12.4 Å². The lowest BCUT2D eigenvalue weighted by Gasteiger charge is -2.14. The first-order valence-corrected chi connectivity index (χ1v) is 7.93. The molecule has 1 atom stereocenters. The average molecular weight is 365 g/mol. The fourth-order valence-corrected chi connectivity index (χ4v) is 2.40. The highest BCUT2D eigenvalue weighted by molar-refractivity contribution is 6.15. The van der Waals surface area contributed by atoms with Gasteiger partial charge in [0.15, 0.2) is 5.78 Å². The molecule has 6 heteroatoms. The van der Waals surface area contributed by atoms with E-state index in [-0.39, 0.29) is 30.1 Å². The number of nitrogens with one attached hydrogen (secondary N) is 2. The second-order valence-electron chi connectivity index (χ2n) is 5.55. The zero-order valence-electron chi connectivity index (χ0n) is 14.2. The maximum Gasteiger partial charge on any atom is 0.252 e. The molecule has 0 saturated heterocycles. The lowest BCUT2D eigenvalue weighted by atomic mass is 9.98. The summed E-state index contributed by atoms with van der Waals surface area (Å²) in [5.74, 6) is -1.01. The zero-order valence-corrected chi connectivity index (χ0v) is 15.0. The largest absolute Gasteiger partial charge is 0.350 e. The molecule has 0 radical (unpaired) electrons. The number of carbonyl (C=O) groups excluding carboxylic acids is 2. The van der Waals surface area contributed by atoms with Crippen molar-refractivity contribution >= 4 is 24.1 Å². The molecule has 2 rings (SSSR count). The van der Waals surface area contributed by atoms with Gasteiger partial charge in [-0.2, -0.15) is 0 Å². The zero-order chi connectivity index (χ0) is 17.5. The number of benzene rings is 2. The van der Waals surface area contributed by atoms with E-state index >= 15 is 0 Å². The lowest BCUT2D eigenvalue weighted by Crippen LogP contribution is -2.39. The Balaban J connectivity index is 0.00000312. The van der Waals surface area contributed by atoms with Crippen molar-refractivity contribution in [3.63, 3.8) is 0 Å². The number of halogens is 2. The summed E-state index contributed by atoms with van der Waals surface area (Å²) in [6.07, 6.45) is 0. The summed E-state index contributed by atoms with van der Waals surface area (Å²) in [6, 6.07) is 12.1. The van der Waals surface area contributed by atoms with Gasteiger partial charge < -0.3 is 10.6 Å². The number of amides is 1. The monoisotopic (exact) mass is 364 g/mol. The van der Waals surface area contributed by atoms with Crippen molar-refractivity contribution in [2.75, 3.05) is 13.1 Å². The molecule has 0 spiro atoms. The van der Waals surface area contributed by atoms with Crippen LogP contribution in [-0.4, -0.2) is 30.8 Å². The fourth-order valence-electron chi connectivity index (χ4n) is 2.40. The third-order valence-electron chi connectivity index (χ3n) is 3.64. The van der Waals surface area contributed by atoms with Gasteiger partial charge in [0.2, 0.25) is 0 Å². The van der Waals surface area contributed by atoms with Gasteiger partial charge in [0.05, 0.1) is 5.56 Å². The molecule has 0 aliphatic heterocycles. The highest BCUT2D eigenvalue weighted by Gasteiger charge is 2.18. The Kier molecular flexibility index (Phi) is 8.25. The Morgan fingerprint density at radius 2 is 1.64 bits per heavy atom. The van der Waals surface area contributed by atoms with Gasteiger partial charge >= 0.3 is 0 Å². The summed E-state index contributed by atoms with van der Waals surface area (Å²) in [5.41, 5.74) is 0.964. The van der Waals surface area contributed by atoms with E-state index in [9.17, 15) is 14.0 Å². The molecular formula is C19H22ClFN2O2. The summed E-state index contributed by atoms with van der Waals surface area (Å²) in [5, 5.41) is 6.03. The molecule has 0 heterocycles. The van der Waals surface area contributed by atoms with Crippen molar-refractivity contribution in [1.82, 2.24) is 10.6 Å². The predicted octanol–water partition coefficient (Wildman–Crippen LogP) is 3.21. The van der Waals surface area contributed by atoms with Crippen LogP contribution in [0.4, 0.5) is 4.39 Å². The molecule has 0 fully saturated rings. The van der Waals surface area contributed by atoms with Crippen molar-refractivity contribution in [1.29, 1.82) is 0 Å². The summed E-state index contributed by atoms with van der Waals surface area (Å²) in [6.45, 7) is 5.25. The molecule has 2 N–H and O–H groups in total. The topological polar surface area (TPSA) is 58.2 Å². The van der Waals surface area contributed by atoms with Gasteiger partial charge in [-0.3, -0.25) is 9.59 Å². The van der Waals surface area contributed by atoms with Crippen LogP contribution in [0.5, 0.6) is 0 Å². The number of likely N-dealkylation sites (N-methyl/N-ethyl adjacent to an activating group) is 1. The highest BCUT2D eigenvalue weighted by atomic mass is 35.5. The minimum atomic E-state index is -0.407. The molecule has 0 bridgehead atoms. The Bertz CT molecular complexity index is 720. The normalized spacial score (nSPS) is 11.3. The number of hydrogen-bond acceptors (Lipinski definition) is 3. The minimum absolute atomic E-state index is 0. The second-order valence-corrected chi connectivity index (χ2v) is 5.55. The van der Waals surface area contributed by atoms with Crippen molar-refractivity contribution in [2.45, 2.75) is 19.9 Å². The third kappa shape index (κ3) is 5.66. The van der Waals surface area contributed by atoms with Crippen LogP contribution in [0.15, 0.2) is 48.5 Å². The van der Waals surface area contributed by atoms with Gasteiger partial charge in [-0.25, -0.2) is 4.39 Å². The van der Waals surface area contributed by atoms with Gasteiger partial charge in [-0.05, 0) is 43.8 Å². The molecule has 0 aliphatic carbocycles. The number of hydrogen-bond donors (Lipinski definition) is 2. The van der Waals surface area contributed by atoms with Crippen LogP contribution in [0.2, 0.25) is 0 Å². The standard InChI is InChI=1S/C19H21FN2O2.ClH/c1-3-21-13(2)12-22-19(24)17-7-5-4-6-16(17)18(23)14-8-10-15(20)11-9-14;/h4-11,13,21H,3,12H2,1-2H3,(H,22,24);1H/t13-;/m1./s1. The van der Waals surface area contributed by atoms with Gasteiger partial charge in [-0.1, -0.05) is 25.1 Å². The molecule has 25 heavy (non-hydrogen) atoms. The van der Waals surface area contributed by atoms with Crippen molar-refractivity contribution in [2.24, 2.45) is 0 Å². The smallest absolute Gasteiger partial charge is 0.252 e. The Morgan fingerprint density at radius 1 is 1.04 bits per heavy atom. The molecule has 1 amide bonds. The van der Waals surface area contributed by atoms with E-state index in [1.807, 2.05) is 13.8 Å². The number of rotatable bonds is 7. The van der Waals surface area contributed by atoms with E-state index in [1.54, 1.807) is 24.3 Å². The van der Waals surface area contributed by atoms with Crippen LogP contribution in [-0.2, 0) is 0 Å². The Labute approximate surface area is 153 Å². The number of carbonyl (C=O) groups is 2.